The van der Waals surface area contributed by atoms with Crippen LogP contribution in [-0.4, -0.2) is 47.6 Å². The molecule has 0 N–H and O–H groups in total. The summed E-state index contributed by atoms with van der Waals surface area (Å²) in [5.41, 5.74) is 0. The molecule has 2 heterocycles. The van der Waals surface area contributed by atoms with Crippen LogP contribution in [0.5, 0.6) is 0 Å². The van der Waals surface area contributed by atoms with E-state index in [0.29, 0.717) is 0 Å². The molecule has 0 radical (unpaired) electrons. The van der Waals surface area contributed by atoms with Crippen molar-refractivity contribution in [3.63, 3.8) is 0 Å². The summed E-state index contributed by atoms with van der Waals surface area (Å²) >= 11 is 0. The molecule has 0 aliphatic carbocycles. The highest BCUT2D eigenvalue weighted by atomic mass is 32.3. The van der Waals surface area contributed by atoms with Crippen LogP contribution in [0.2, 0.25) is 0 Å². The third-order valence-electron chi connectivity index (χ3n) is 3.18. The second kappa shape index (κ2) is 4.92. The fourth-order valence-corrected chi connectivity index (χ4v) is 4.74. The lowest BCUT2D eigenvalue weighted by molar-refractivity contribution is -0.0478. The smallest absolute Gasteiger partial charge is 0.263 e. The SMILES string of the molecule is CC1CS(=O)(=O)OC1C(F)C1OS(=O)(=O)OCC1C. The van der Waals surface area contributed by atoms with Crippen molar-refractivity contribution < 1.29 is 33.8 Å². The van der Waals surface area contributed by atoms with Crippen LogP contribution < -0.4 is 0 Å². The Balaban J connectivity index is 2.17. The van der Waals surface area contributed by atoms with Gasteiger partial charge in [0.25, 0.3) is 10.1 Å². The Hall–Kier alpha value is -0.290. The van der Waals surface area contributed by atoms with Crippen LogP contribution in [0.3, 0.4) is 0 Å². The van der Waals surface area contributed by atoms with Gasteiger partial charge in [-0.25, -0.2) is 12.8 Å². The highest BCUT2D eigenvalue weighted by molar-refractivity contribution is 7.87. The van der Waals surface area contributed by atoms with E-state index in [1.165, 1.54) is 6.92 Å². The molecule has 10 heteroatoms. The van der Waals surface area contributed by atoms with Gasteiger partial charge in [-0.15, -0.1) is 0 Å². The van der Waals surface area contributed by atoms with Crippen LogP contribution in [0.25, 0.3) is 0 Å². The first-order valence-electron chi connectivity index (χ1n) is 5.74. The lowest BCUT2D eigenvalue weighted by Gasteiger charge is -2.32. The van der Waals surface area contributed by atoms with Crippen molar-refractivity contribution in [2.45, 2.75) is 32.2 Å². The molecule has 0 bridgehead atoms. The second-order valence-electron chi connectivity index (χ2n) is 4.94. The van der Waals surface area contributed by atoms with E-state index in [4.69, 9.17) is 0 Å². The molecule has 0 amide bonds. The van der Waals surface area contributed by atoms with E-state index in [0.717, 1.165) is 0 Å². The van der Waals surface area contributed by atoms with Crippen molar-refractivity contribution in [2.75, 3.05) is 12.4 Å². The first-order valence-corrected chi connectivity index (χ1v) is 8.65. The monoisotopic (exact) mass is 318 g/mol. The molecule has 2 rings (SSSR count). The van der Waals surface area contributed by atoms with Gasteiger partial charge in [0.15, 0.2) is 6.17 Å². The Kier molecular flexibility index (Phi) is 3.91. The third kappa shape index (κ3) is 3.24. The molecule has 2 aliphatic heterocycles. The minimum absolute atomic E-state index is 0.207. The van der Waals surface area contributed by atoms with E-state index in [1.54, 1.807) is 6.92 Å². The largest absolute Gasteiger partial charge is 0.400 e. The molecule has 0 aromatic carbocycles. The zero-order valence-corrected chi connectivity index (χ0v) is 12.0. The van der Waals surface area contributed by atoms with Gasteiger partial charge in [0.2, 0.25) is 0 Å². The molecule has 7 nitrogen and oxygen atoms in total. The van der Waals surface area contributed by atoms with Crippen molar-refractivity contribution >= 4 is 20.5 Å². The van der Waals surface area contributed by atoms with Gasteiger partial charge in [0.05, 0.1) is 12.4 Å². The molecule has 112 valence electrons. The molecule has 0 aromatic heterocycles. The highest BCUT2D eigenvalue weighted by Gasteiger charge is 2.48. The minimum Gasteiger partial charge on any atom is -0.263 e. The van der Waals surface area contributed by atoms with E-state index in [-0.39, 0.29) is 12.4 Å². The fourth-order valence-electron chi connectivity index (χ4n) is 2.19. The van der Waals surface area contributed by atoms with Crippen molar-refractivity contribution in [3.05, 3.63) is 0 Å². The van der Waals surface area contributed by atoms with Crippen LogP contribution in [0.4, 0.5) is 4.39 Å². The lowest BCUT2D eigenvalue weighted by atomic mass is 9.93. The Labute approximate surface area is 111 Å². The number of halogens is 1. The van der Waals surface area contributed by atoms with E-state index in [2.05, 4.69) is 12.5 Å². The van der Waals surface area contributed by atoms with Crippen LogP contribution >= 0.6 is 0 Å². The van der Waals surface area contributed by atoms with Crippen LogP contribution in [0, 0.1) is 11.8 Å². The summed E-state index contributed by atoms with van der Waals surface area (Å²) in [6.07, 6.45) is -4.40. The predicted molar refractivity (Wildman–Crippen MR) is 61.6 cm³/mol. The summed E-state index contributed by atoms with van der Waals surface area (Å²) in [5.74, 6) is -1.39. The molecule has 19 heavy (non-hydrogen) atoms. The van der Waals surface area contributed by atoms with Gasteiger partial charge in [-0.1, -0.05) is 13.8 Å². The fraction of sp³-hybridized carbons (Fsp3) is 1.00. The van der Waals surface area contributed by atoms with Gasteiger partial charge in [-0.05, 0) is 0 Å². The second-order valence-corrected chi connectivity index (χ2v) is 7.82. The molecule has 0 spiro atoms. The normalized spacial score (nSPS) is 42.9. The molecule has 5 atom stereocenters. The maximum Gasteiger partial charge on any atom is 0.400 e. The lowest BCUT2D eigenvalue weighted by Crippen LogP contribution is -2.47. The Bertz CT molecular complexity index is 543. The van der Waals surface area contributed by atoms with Gasteiger partial charge in [-0.2, -0.15) is 16.8 Å². The predicted octanol–water partition coefficient (Wildman–Crippen LogP) is -0.0145. The number of rotatable bonds is 2. The van der Waals surface area contributed by atoms with Gasteiger partial charge in [-0.3, -0.25) is 4.18 Å². The Morgan fingerprint density at radius 1 is 1.05 bits per heavy atom. The van der Waals surface area contributed by atoms with Gasteiger partial charge in [0, 0.05) is 11.8 Å². The zero-order chi connectivity index (χ0) is 14.4. The summed E-state index contributed by atoms with van der Waals surface area (Å²) in [4.78, 5) is 0. The summed E-state index contributed by atoms with van der Waals surface area (Å²) < 4.78 is 72.9. The minimum atomic E-state index is -4.23. The van der Waals surface area contributed by atoms with Crippen molar-refractivity contribution in [1.29, 1.82) is 0 Å². The maximum atomic E-state index is 14.3. The molecule has 5 unspecified atom stereocenters. The molecule has 0 aromatic rings. The Morgan fingerprint density at radius 3 is 2.16 bits per heavy atom. The molecule has 2 fully saturated rings. The zero-order valence-electron chi connectivity index (χ0n) is 10.4. The third-order valence-corrected chi connectivity index (χ3v) is 5.51. The average Bonchev–Trinajstić information content (AvgIpc) is 2.55. The molecular formula is C9H15FO7S2. The first-order chi connectivity index (χ1) is 8.61. The number of hydrogen-bond donors (Lipinski definition) is 0. The van der Waals surface area contributed by atoms with E-state index in [9.17, 15) is 21.2 Å². The van der Waals surface area contributed by atoms with Gasteiger partial charge >= 0.3 is 10.4 Å². The van der Waals surface area contributed by atoms with Crippen LogP contribution in [0.15, 0.2) is 0 Å². The number of alkyl halides is 1. The summed E-state index contributed by atoms with van der Waals surface area (Å²) in [6.45, 7) is 2.88. The quantitative estimate of drug-likeness (QED) is 0.660. The molecule has 2 aliphatic rings. The van der Waals surface area contributed by atoms with Crippen molar-refractivity contribution in [1.82, 2.24) is 0 Å². The molecule has 2 saturated heterocycles. The van der Waals surface area contributed by atoms with Crippen LogP contribution in [0.1, 0.15) is 13.8 Å². The maximum absolute atomic E-state index is 14.3. The topological polar surface area (TPSA) is 96.0 Å². The van der Waals surface area contributed by atoms with E-state index < -0.39 is 50.7 Å². The van der Waals surface area contributed by atoms with Gasteiger partial charge in [0.1, 0.15) is 12.2 Å². The van der Waals surface area contributed by atoms with Gasteiger partial charge < -0.3 is 0 Å². The Morgan fingerprint density at radius 2 is 1.63 bits per heavy atom. The standard InChI is InChI=1S/C9H15FO7S2/c1-5-3-15-19(13,14)17-8(5)7(10)9-6(2)4-18(11,12)16-9/h5-9H,3-4H2,1-2H3. The summed E-state index contributed by atoms with van der Waals surface area (Å²) in [6, 6.07) is 0. The first kappa shape index (κ1) is 15.1. The molecular weight excluding hydrogens is 303 g/mol. The average molecular weight is 318 g/mol. The van der Waals surface area contributed by atoms with Crippen molar-refractivity contribution in [3.8, 4) is 0 Å². The van der Waals surface area contributed by atoms with E-state index in [1.807, 2.05) is 0 Å². The molecule has 0 saturated carbocycles. The highest BCUT2D eigenvalue weighted by Crippen LogP contribution is 2.33. The van der Waals surface area contributed by atoms with Crippen LogP contribution in [-0.2, 0) is 33.1 Å². The summed E-state index contributed by atoms with van der Waals surface area (Å²) in [7, 11) is -7.98. The van der Waals surface area contributed by atoms with Crippen molar-refractivity contribution in [2.24, 2.45) is 11.8 Å². The van der Waals surface area contributed by atoms with E-state index >= 15 is 0 Å². The number of hydrogen-bond acceptors (Lipinski definition) is 7. The summed E-state index contributed by atoms with van der Waals surface area (Å²) in [5, 5.41) is 0.